The van der Waals surface area contributed by atoms with E-state index >= 15 is 0 Å². The van der Waals surface area contributed by atoms with Gasteiger partial charge in [0.05, 0.1) is 0 Å². The smallest absolute Gasteiger partial charge is 0.0622 e. The fourth-order valence-corrected chi connectivity index (χ4v) is 6.50. The molecule has 0 aliphatic carbocycles. The Morgan fingerprint density at radius 3 is 1.48 bits per heavy atom. The lowest BCUT2D eigenvalue weighted by molar-refractivity contribution is 1.40. The van der Waals surface area contributed by atoms with Crippen LogP contribution in [-0.2, 0) is 2.14 Å². The van der Waals surface area contributed by atoms with Crippen molar-refractivity contribution in [1.29, 1.82) is 0 Å². The van der Waals surface area contributed by atoms with Crippen molar-refractivity contribution in [2.75, 3.05) is 0 Å². The molecule has 0 unspecified atom stereocenters. The molecule has 0 aromatic heterocycles. The van der Waals surface area contributed by atoms with E-state index in [0.29, 0.717) is 0 Å². The zero-order valence-corrected chi connectivity index (χ0v) is 17.8. The molecule has 0 heterocycles. The molecule has 0 saturated heterocycles. The number of hydrogen-bond acceptors (Lipinski definition) is 0. The second-order valence-corrected chi connectivity index (χ2v) is 14.0. The molecule has 0 bridgehead atoms. The molecule has 0 radical (unpaired) electrons. The molecule has 0 saturated carbocycles. The first-order valence-corrected chi connectivity index (χ1v) is 10.9. The van der Waals surface area contributed by atoms with Crippen LogP contribution in [-0.4, -0.2) is 0 Å². The first kappa shape index (κ1) is 17.4. The number of rotatable bonds is 3. The summed E-state index contributed by atoms with van der Waals surface area (Å²) in [4.78, 5) is 0. The van der Waals surface area contributed by atoms with Crippen LogP contribution < -0.4 is 15.9 Å². The van der Waals surface area contributed by atoms with Crippen LogP contribution in [0.15, 0.2) is 84.9 Å². The number of hydrogen-bond donors (Lipinski definition) is 0. The molecule has 0 N–H and O–H groups in total. The van der Waals surface area contributed by atoms with Crippen molar-refractivity contribution in [2.24, 2.45) is 0 Å². The summed E-state index contributed by atoms with van der Waals surface area (Å²) in [5.41, 5.74) is 1.19. The average Bonchev–Trinajstić information content (AvgIpc) is 2.57. The van der Waals surface area contributed by atoms with Gasteiger partial charge in [-0.05, 0) is 29.4 Å². The minimum Gasteiger partial charge on any atom is -0.0622 e. The van der Waals surface area contributed by atoms with Crippen molar-refractivity contribution < 1.29 is 0 Å². The molecule has 0 spiro atoms. The summed E-state index contributed by atoms with van der Waals surface area (Å²) >= 11 is 11.1. The minimum absolute atomic E-state index is 0.423. The van der Waals surface area contributed by atoms with E-state index in [2.05, 4.69) is 133 Å². The second-order valence-electron chi connectivity index (χ2n) is 5.02. The summed E-state index contributed by atoms with van der Waals surface area (Å²) in [6.45, 7) is 0. The lowest BCUT2D eigenvalue weighted by atomic mass is 10.2. The van der Waals surface area contributed by atoms with Crippen molar-refractivity contribution in [3.05, 3.63) is 90.5 Å². The highest BCUT2D eigenvalue weighted by Crippen LogP contribution is 2.47. The van der Waals surface area contributed by atoms with Gasteiger partial charge in [-0.1, -0.05) is 133 Å². The summed E-state index contributed by atoms with van der Waals surface area (Å²) < 4.78 is -0.423. The number of alkyl halides is 3. The molecular formula is C19H14Br3P. The molecule has 0 nitrogen and oxygen atoms in total. The van der Waals surface area contributed by atoms with Gasteiger partial charge >= 0.3 is 0 Å². The SMILES string of the molecule is BrC(Br)(Br)c1ccccc1P(c1ccccc1)c1ccccc1. The van der Waals surface area contributed by atoms with Crippen LogP contribution in [0.3, 0.4) is 0 Å². The zero-order chi connectivity index (χ0) is 16.3. The van der Waals surface area contributed by atoms with Gasteiger partial charge in [-0.15, -0.1) is 0 Å². The van der Waals surface area contributed by atoms with Crippen LogP contribution in [0.5, 0.6) is 0 Å². The third-order valence-electron chi connectivity index (χ3n) is 3.48. The molecule has 3 aromatic carbocycles. The quantitative estimate of drug-likeness (QED) is 0.310. The average molecular weight is 513 g/mol. The van der Waals surface area contributed by atoms with Gasteiger partial charge in [0.2, 0.25) is 0 Å². The normalized spacial score (nSPS) is 11.7. The monoisotopic (exact) mass is 510 g/mol. The van der Waals surface area contributed by atoms with Crippen LogP contribution in [0.1, 0.15) is 5.56 Å². The van der Waals surface area contributed by atoms with Crippen LogP contribution in [0.2, 0.25) is 0 Å². The Morgan fingerprint density at radius 2 is 1.00 bits per heavy atom. The predicted octanol–water partition coefficient (Wildman–Crippen LogP) is 5.74. The van der Waals surface area contributed by atoms with Crippen molar-refractivity contribution >= 4 is 71.6 Å². The highest BCUT2D eigenvalue weighted by molar-refractivity contribution is 9.38. The highest BCUT2D eigenvalue weighted by Gasteiger charge is 2.28. The van der Waals surface area contributed by atoms with Crippen LogP contribution >= 0.6 is 55.7 Å². The van der Waals surface area contributed by atoms with Gasteiger partial charge in [0.15, 0.2) is 2.14 Å². The van der Waals surface area contributed by atoms with Crippen LogP contribution in [0.4, 0.5) is 0 Å². The molecular weight excluding hydrogens is 499 g/mol. The minimum atomic E-state index is -0.621. The predicted molar refractivity (Wildman–Crippen MR) is 114 cm³/mol. The van der Waals surface area contributed by atoms with Crippen molar-refractivity contribution in [3.8, 4) is 0 Å². The Morgan fingerprint density at radius 1 is 0.565 bits per heavy atom. The number of halogens is 3. The zero-order valence-electron chi connectivity index (χ0n) is 12.2. The third-order valence-corrected chi connectivity index (χ3v) is 7.26. The van der Waals surface area contributed by atoms with Crippen molar-refractivity contribution in [1.82, 2.24) is 0 Å². The lowest BCUT2D eigenvalue weighted by Crippen LogP contribution is -2.25. The third kappa shape index (κ3) is 4.14. The summed E-state index contributed by atoms with van der Waals surface area (Å²) in [5, 5.41) is 4.02. The van der Waals surface area contributed by atoms with E-state index in [0.717, 1.165) is 0 Å². The van der Waals surface area contributed by atoms with Crippen LogP contribution in [0.25, 0.3) is 0 Å². The van der Waals surface area contributed by atoms with Gasteiger partial charge in [-0.2, -0.15) is 0 Å². The van der Waals surface area contributed by atoms with Gasteiger partial charge < -0.3 is 0 Å². The molecule has 0 amide bonds. The van der Waals surface area contributed by atoms with Gasteiger partial charge in [0, 0.05) is 0 Å². The summed E-state index contributed by atoms with van der Waals surface area (Å²) in [5.74, 6) is 0. The molecule has 0 aliphatic rings. The van der Waals surface area contributed by atoms with E-state index in [4.69, 9.17) is 0 Å². The fraction of sp³-hybridized carbons (Fsp3) is 0.0526. The van der Waals surface area contributed by atoms with Gasteiger partial charge in [0.1, 0.15) is 0 Å². The molecule has 23 heavy (non-hydrogen) atoms. The molecule has 3 aromatic rings. The van der Waals surface area contributed by atoms with Crippen LogP contribution in [0, 0.1) is 0 Å². The molecule has 3 rings (SSSR count). The summed E-state index contributed by atoms with van der Waals surface area (Å²) in [7, 11) is -0.621. The second kappa shape index (κ2) is 7.61. The highest BCUT2D eigenvalue weighted by atomic mass is 80.0. The molecule has 0 fully saturated rings. The molecule has 0 aliphatic heterocycles. The first-order chi connectivity index (χ1) is 11.1. The van der Waals surface area contributed by atoms with Gasteiger partial charge in [0.25, 0.3) is 0 Å². The van der Waals surface area contributed by atoms with E-state index in [1.807, 2.05) is 0 Å². The summed E-state index contributed by atoms with van der Waals surface area (Å²) in [6.07, 6.45) is 0. The van der Waals surface area contributed by atoms with Gasteiger partial charge in [-0.25, -0.2) is 0 Å². The van der Waals surface area contributed by atoms with E-state index in [9.17, 15) is 0 Å². The summed E-state index contributed by atoms with van der Waals surface area (Å²) in [6, 6.07) is 30.0. The standard InChI is InChI=1S/C19H14Br3P/c20-19(21,22)17-13-7-8-14-18(17)23(15-9-3-1-4-10-15)16-11-5-2-6-12-16/h1-14H. The Bertz CT molecular complexity index is 728. The lowest BCUT2D eigenvalue weighted by Gasteiger charge is -2.25. The molecule has 116 valence electrons. The molecule has 4 heteroatoms. The van der Waals surface area contributed by atoms with Crippen molar-refractivity contribution in [3.63, 3.8) is 0 Å². The van der Waals surface area contributed by atoms with Crippen molar-refractivity contribution in [2.45, 2.75) is 2.14 Å². The Labute approximate surface area is 163 Å². The van der Waals surface area contributed by atoms with E-state index in [-0.39, 0.29) is 0 Å². The Balaban J connectivity index is 2.22. The maximum Gasteiger partial charge on any atom is 0.160 e. The topological polar surface area (TPSA) is 0 Å². The van der Waals surface area contributed by atoms with Gasteiger partial charge in [-0.3, -0.25) is 0 Å². The maximum atomic E-state index is 3.69. The van der Waals surface area contributed by atoms with E-state index in [1.54, 1.807) is 0 Å². The van der Waals surface area contributed by atoms with E-state index in [1.165, 1.54) is 21.5 Å². The maximum absolute atomic E-state index is 3.69. The first-order valence-electron chi connectivity index (χ1n) is 7.14. The Hall–Kier alpha value is -0.470. The number of benzene rings is 3. The fourth-order valence-electron chi connectivity index (χ4n) is 2.49. The molecule has 0 atom stereocenters. The largest absolute Gasteiger partial charge is 0.160 e. The van der Waals surface area contributed by atoms with E-state index < -0.39 is 10.1 Å². The Kier molecular flexibility index (Phi) is 5.74.